The molecule has 1 aromatic heterocycles. The lowest BCUT2D eigenvalue weighted by Crippen LogP contribution is -2.27. The molecular weight excluding hydrogens is 485 g/mol. The van der Waals surface area contributed by atoms with Crippen LogP contribution in [0.15, 0.2) is 46.5 Å². The minimum Gasteiger partial charge on any atom is -0.376 e. The molecule has 0 radical (unpaired) electrons. The third-order valence-electron chi connectivity index (χ3n) is 6.20. The van der Waals surface area contributed by atoms with E-state index in [1.165, 1.54) is 22.1 Å². The summed E-state index contributed by atoms with van der Waals surface area (Å²) < 4.78 is 49.8. The highest BCUT2D eigenvalue weighted by Gasteiger charge is 2.28. The van der Waals surface area contributed by atoms with E-state index in [0.29, 0.717) is 46.6 Å². The molecule has 1 atom stereocenters. The molecule has 176 valence electrons. The molecule has 3 heterocycles. The van der Waals surface area contributed by atoms with E-state index < -0.39 is 10.0 Å². The van der Waals surface area contributed by atoms with Crippen LogP contribution in [0, 0.1) is 5.82 Å². The summed E-state index contributed by atoms with van der Waals surface area (Å²) >= 11 is 7.60. The number of imidazole rings is 1. The molecule has 2 aliphatic rings. The largest absolute Gasteiger partial charge is 0.376 e. The fourth-order valence-corrected chi connectivity index (χ4v) is 7.32. The van der Waals surface area contributed by atoms with Gasteiger partial charge >= 0.3 is 0 Å². The molecule has 0 spiro atoms. The molecule has 3 aromatic rings. The number of ether oxygens (including phenoxy) is 1. The number of aromatic nitrogens is 2. The van der Waals surface area contributed by atoms with Crippen LogP contribution in [0.2, 0.25) is 5.02 Å². The maximum absolute atomic E-state index is 14.3. The lowest BCUT2D eigenvalue weighted by atomic mass is 10.2. The van der Waals surface area contributed by atoms with Gasteiger partial charge in [0.05, 0.1) is 28.6 Å². The van der Waals surface area contributed by atoms with Crippen LogP contribution >= 0.6 is 23.4 Å². The Hall–Kier alpha value is -1.65. The molecule has 2 aromatic carbocycles. The molecule has 0 aliphatic carbocycles. The molecule has 2 fully saturated rings. The van der Waals surface area contributed by atoms with Crippen molar-refractivity contribution in [2.45, 2.75) is 54.1 Å². The van der Waals surface area contributed by atoms with Crippen molar-refractivity contribution in [2.75, 3.05) is 19.7 Å². The first-order chi connectivity index (χ1) is 15.9. The average molecular weight is 510 g/mol. The zero-order valence-corrected chi connectivity index (χ0v) is 20.4. The highest BCUT2D eigenvalue weighted by Crippen LogP contribution is 2.33. The number of sulfonamides is 1. The topological polar surface area (TPSA) is 64.4 Å². The summed E-state index contributed by atoms with van der Waals surface area (Å²) in [4.78, 5) is 5.01. The smallest absolute Gasteiger partial charge is 0.243 e. The first-order valence-electron chi connectivity index (χ1n) is 11.1. The summed E-state index contributed by atoms with van der Waals surface area (Å²) in [5.74, 6) is -0.0324. The van der Waals surface area contributed by atoms with E-state index in [9.17, 15) is 12.8 Å². The summed E-state index contributed by atoms with van der Waals surface area (Å²) in [6, 6.07) is 9.78. The van der Waals surface area contributed by atoms with Crippen LogP contribution in [0.3, 0.4) is 0 Å². The molecule has 6 nitrogen and oxygen atoms in total. The normalized spacial score (nSPS) is 19.6. The molecule has 0 saturated carbocycles. The minimum absolute atomic E-state index is 0.0757. The van der Waals surface area contributed by atoms with Crippen LogP contribution in [0.5, 0.6) is 0 Å². The summed E-state index contributed by atoms with van der Waals surface area (Å²) in [7, 11) is -3.54. The standard InChI is InChI=1S/C23H25ClFN3O3S2/c24-19-6-3-7-20(25)18(19)15-32-23-26-21-13-17(33(29,30)27-10-1-2-11-27)8-9-22(21)28(23)14-16-5-4-12-31-16/h3,6-9,13,16H,1-2,4-5,10-12,14-15H2. The fraction of sp³-hybridized carbons (Fsp3) is 0.435. The molecule has 2 saturated heterocycles. The van der Waals surface area contributed by atoms with Gasteiger partial charge in [-0.1, -0.05) is 29.4 Å². The second kappa shape index (κ2) is 9.54. The van der Waals surface area contributed by atoms with E-state index in [2.05, 4.69) is 4.57 Å². The number of fused-ring (bicyclic) bond motifs is 1. The summed E-state index contributed by atoms with van der Waals surface area (Å²) in [6.45, 7) is 2.46. The highest BCUT2D eigenvalue weighted by molar-refractivity contribution is 7.98. The Balaban J connectivity index is 1.50. The number of benzene rings is 2. The number of thioether (sulfide) groups is 1. The summed E-state index contributed by atoms with van der Waals surface area (Å²) in [5, 5.41) is 1.07. The van der Waals surface area contributed by atoms with Crippen LogP contribution < -0.4 is 0 Å². The lowest BCUT2D eigenvalue weighted by molar-refractivity contribution is 0.0960. The third kappa shape index (κ3) is 4.66. The number of hydrogen-bond acceptors (Lipinski definition) is 5. The summed E-state index contributed by atoms with van der Waals surface area (Å²) in [6.07, 6.45) is 3.83. The van der Waals surface area contributed by atoms with Gasteiger partial charge in [-0.05, 0) is 56.0 Å². The van der Waals surface area contributed by atoms with Crippen molar-refractivity contribution >= 4 is 44.4 Å². The van der Waals surface area contributed by atoms with Gasteiger partial charge in [-0.25, -0.2) is 17.8 Å². The maximum atomic E-state index is 14.3. The van der Waals surface area contributed by atoms with E-state index in [4.69, 9.17) is 21.3 Å². The summed E-state index contributed by atoms with van der Waals surface area (Å²) in [5.41, 5.74) is 1.88. The monoisotopic (exact) mass is 509 g/mol. The van der Waals surface area contributed by atoms with E-state index in [1.54, 1.807) is 24.3 Å². The predicted molar refractivity (Wildman–Crippen MR) is 128 cm³/mol. The van der Waals surface area contributed by atoms with Crippen LogP contribution in [-0.4, -0.2) is 48.1 Å². The average Bonchev–Trinajstić information content (AvgIpc) is 3.56. The van der Waals surface area contributed by atoms with Gasteiger partial charge in [-0.3, -0.25) is 0 Å². The zero-order valence-electron chi connectivity index (χ0n) is 18.0. The van der Waals surface area contributed by atoms with Gasteiger partial charge in [0.2, 0.25) is 10.0 Å². The third-order valence-corrected chi connectivity index (χ3v) is 9.46. The molecular formula is C23H25ClFN3O3S2. The molecule has 2 aliphatic heterocycles. The molecule has 0 N–H and O–H groups in total. The Morgan fingerprint density at radius 3 is 2.73 bits per heavy atom. The number of rotatable bonds is 7. The van der Waals surface area contributed by atoms with Crippen LogP contribution in [0.25, 0.3) is 11.0 Å². The van der Waals surface area contributed by atoms with E-state index in [1.807, 2.05) is 6.07 Å². The molecule has 0 amide bonds. The van der Waals surface area contributed by atoms with Crippen molar-refractivity contribution in [1.82, 2.24) is 13.9 Å². The predicted octanol–water partition coefficient (Wildman–Crippen LogP) is 5.08. The van der Waals surface area contributed by atoms with Gasteiger partial charge in [-0.2, -0.15) is 4.31 Å². The van der Waals surface area contributed by atoms with Gasteiger partial charge in [0.25, 0.3) is 0 Å². The molecule has 0 bridgehead atoms. The first kappa shape index (κ1) is 23.1. The highest BCUT2D eigenvalue weighted by atomic mass is 35.5. The second-order valence-corrected chi connectivity index (χ2v) is 11.7. The number of halogens is 2. The fourth-order valence-electron chi connectivity index (χ4n) is 4.41. The van der Waals surface area contributed by atoms with Gasteiger partial charge < -0.3 is 9.30 Å². The Morgan fingerprint density at radius 1 is 1.18 bits per heavy atom. The van der Waals surface area contributed by atoms with Crippen molar-refractivity contribution in [3.8, 4) is 0 Å². The van der Waals surface area contributed by atoms with Crippen LogP contribution in [0.1, 0.15) is 31.2 Å². The van der Waals surface area contributed by atoms with Crippen molar-refractivity contribution in [1.29, 1.82) is 0 Å². The lowest BCUT2D eigenvalue weighted by Gasteiger charge is -2.16. The van der Waals surface area contributed by atoms with E-state index in [0.717, 1.165) is 37.8 Å². The Kier molecular flexibility index (Phi) is 6.68. The first-order valence-corrected chi connectivity index (χ1v) is 13.9. The van der Waals surface area contributed by atoms with Gasteiger partial charge in [0, 0.05) is 36.0 Å². The van der Waals surface area contributed by atoms with Crippen molar-refractivity contribution in [3.63, 3.8) is 0 Å². The van der Waals surface area contributed by atoms with Gasteiger partial charge in [0.1, 0.15) is 5.82 Å². The quantitative estimate of drug-likeness (QED) is 0.415. The van der Waals surface area contributed by atoms with Crippen molar-refractivity contribution < 1.29 is 17.5 Å². The Morgan fingerprint density at radius 2 is 2.00 bits per heavy atom. The van der Waals surface area contributed by atoms with E-state index in [-0.39, 0.29) is 16.8 Å². The van der Waals surface area contributed by atoms with E-state index >= 15 is 0 Å². The number of nitrogens with zero attached hydrogens (tertiary/aromatic N) is 3. The maximum Gasteiger partial charge on any atom is 0.243 e. The molecule has 1 unspecified atom stereocenters. The Bertz CT molecular complexity index is 1250. The van der Waals surface area contributed by atoms with Gasteiger partial charge in [0.15, 0.2) is 5.16 Å². The zero-order chi connectivity index (χ0) is 23.0. The van der Waals surface area contributed by atoms with Crippen molar-refractivity contribution in [3.05, 3.63) is 52.8 Å². The van der Waals surface area contributed by atoms with Gasteiger partial charge in [-0.15, -0.1) is 0 Å². The minimum atomic E-state index is -3.54. The van der Waals surface area contributed by atoms with Crippen LogP contribution in [-0.2, 0) is 27.1 Å². The Labute approximate surface area is 202 Å². The molecule has 10 heteroatoms. The van der Waals surface area contributed by atoms with Crippen LogP contribution in [0.4, 0.5) is 4.39 Å². The second-order valence-electron chi connectivity index (χ2n) is 8.39. The SMILES string of the molecule is O=S(=O)(c1ccc2c(c1)nc(SCc1c(F)cccc1Cl)n2CC1CCCO1)N1CCCC1. The molecule has 5 rings (SSSR count). The molecule has 33 heavy (non-hydrogen) atoms. The number of hydrogen-bond donors (Lipinski definition) is 0. The van der Waals surface area contributed by atoms with Crippen molar-refractivity contribution in [2.24, 2.45) is 0 Å².